The lowest BCUT2D eigenvalue weighted by Crippen LogP contribution is -2.41. The summed E-state index contributed by atoms with van der Waals surface area (Å²) in [5, 5.41) is -0.0687. The highest BCUT2D eigenvalue weighted by molar-refractivity contribution is 7.92. The van der Waals surface area contributed by atoms with Crippen LogP contribution >= 0.6 is 11.6 Å². The average Bonchev–Trinajstić information content (AvgIpc) is 2.82. The minimum atomic E-state index is -4.13. The van der Waals surface area contributed by atoms with Gasteiger partial charge in [-0.05, 0) is 42.3 Å². The first-order valence-corrected chi connectivity index (χ1v) is 11.7. The lowest BCUT2D eigenvalue weighted by atomic mass is 10.1. The number of ether oxygens (including phenoxy) is 1. The van der Waals surface area contributed by atoms with Crippen molar-refractivity contribution in [2.24, 2.45) is 0 Å². The van der Waals surface area contributed by atoms with Gasteiger partial charge in [-0.2, -0.15) is 0 Å². The van der Waals surface area contributed by atoms with Gasteiger partial charge in [-0.3, -0.25) is 25.2 Å². The zero-order chi connectivity index (χ0) is 23.8. The molecule has 3 aromatic rings. The molecule has 3 rings (SSSR count). The fourth-order valence-corrected chi connectivity index (χ4v) is 4.54. The fraction of sp³-hybridized carbons (Fsp3) is 0.130. The molecular weight excluding hydrogens is 466 g/mol. The molecule has 0 unspecified atom stereocenters. The Balaban J connectivity index is 1.67. The van der Waals surface area contributed by atoms with Crippen LogP contribution in [-0.4, -0.2) is 27.3 Å². The molecule has 0 aliphatic rings. The molecule has 8 nitrogen and oxygen atoms in total. The third kappa shape index (κ3) is 6.47. The molecule has 0 bridgehead atoms. The van der Waals surface area contributed by atoms with E-state index in [9.17, 15) is 18.0 Å². The number of hydrazine groups is 1. The molecule has 2 amide bonds. The molecule has 0 fully saturated rings. The van der Waals surface area contributed by atoms with Crippen LogP contribution in [0.25, 0.3) is 0 Å². The molecule has 0 heterocycles. The van der Waals surface area contributed by atoms with Crippen LogP contribution in [0.3, 0.4) is 0 Å². The van der Waals surface area contributed by atoms with E-state index in [2.05, 4.69) is 15.6 Å². The van der Waals surface area contributed by atoms with Crippen LogP contribution in [0.4, 0.5) is 5.69 Å². The standard InChI is InChI=1S/C23H22ClN3O5S/c1-32-20-10-6-5-9-19(20)27-33(30,31)21-15-17(12-13-18(21)24)23(29)26-25-22(28)14-11-16-7-3-2-4-8-16/h2-10,12-13,15,27H,11,14H2,1H3,(H,25,28)(H,26,29). The molecule has 0 spiro atoms. The number of halogens is 1. The number of aryl methyl sites for hydroxylation is 1. The lowest BCUT2D eigenvalue weighted by Gasteiger charge is -2.13. The van der Waals surface area contributed by atoms with Crippen LogP contribution in [0.2, 0.25) is 5.02 Å². The number of methoxy groups -OCH3 is 1. The molecule has 10 heteroatoms. The second-order valence-corrected chi connectivity index (χ2v) is 9.00. The first-order chi connectivity index (χ1) is 15.8. The number of carbonyl (C=O) groups is 2. The fourth-order valence-electron chi connectivity index (χ4n) is 2.94. The predicted octanol–water partition coefficient (Wildman–Crippen LogP) is 3.54. The summed E-state index contributed by atoms with van der Waals surface area (Å²) < 4.78 is 33.4. The van der Waals surface area contributed by atoms with Crippen molar-refractivity contribution in [3.8, 4) is 5.75 Å². The number of hydrogen-bond donors (Lipinski definition) is 3. The van der Waals surface area contributed by atoms with Crippen molar-refractivity contribution < 1.29 is 22.7 Å². The Kier molecular flexibility index (Phi) is 7.92. The Labute approximate surface area is 196 Å². The van der Waals surface area contributed by atoms with Crippen LogP contribution in [0.5, 0.6) is 5.75 Å². The summed E-state index contributed by atoms with van der Waals surface area (Å²) in [5.74, 6) is -0.746. The molecule has 3 aromatic carbocycles. The van der Waals surface area contributed by atoms with Crippen molar-refractivity contribution >= 4 is 39.1 Å². The topological polar surface area (TPSA) is 114 Å². The van der Waals surface area contributed by atoms with Gasteiger partial charge in [-0.1, -0.05) is 54.1 Å². The molecule has 172 valence electrons. The molecule has 0 radical (unpaired) electrons. The number of nitrogens with one attached hydrogen (secondary N) is 3. The van der Waals surface area contributed by atoms with Gasteiger partial charge in [-0.25, -0.2) is 8.42 Å². The van der Waals surface area contributed by atoms with Gasteiger partial charge in [0.25, 0.3) is 15.9 Å². The Morgan fingerprint density at radius 2 is 1.64 bits per heavy atom. The van der Waals surface area contributed by atoms with Gasteiger partial charge in [0.2, 0.25) is 5.91 Å². The van der Waals surface area contributed by atoms with Crippen LogP contribution in [0, 0.1) is 0 Å². The number of hydrogen-bond acceptors (Lipinski definition) is 5. The summed E-state index contributed by atoms with van der Waals surface area (Å²) in [6, 6.07) is 19.7. The van der Waals surface area contributed by atoms with E-state index in [1.54, 1.807) is 18.2 Å². The Bertz CT molecular complexity index is 1250. The van der Waals surface area contributed by atoms with E-state index in [0.29, 0.717) is 12.2 Å². The second-order valence-electron chi connectivity index (χ2n) is 6.94. The summed E-state index contributed by atoms with van der Waals surface area (Å²) >= 11 is 6.10. The number of carbonyl (C=O) groups excluding carboxylic acids is 2. The van der Waals surface area contributed by atoms with E-state index in [1.807, 2.05) is 30.3 Å². The molecule has 0 aromatic heterocycles. The minimum Gasteiger partial charge on any atom is -0.495 e. The number of rotatable bonds is 8. The number of benzene rings is 3. The summed E-state index contributed by atoms with van der Waals surface area (Å²) in [6.45, 7) is 0. The maximum Gasteiger partial charge on any atom is 0.269 e. The van der Waals surface area contributed by atoms with Crippen LogP contribution in [-0.2, 0) is 21.2 Å². The van der Waals surface area contributed by atoms with E-state index in [1.165, 1.54) is 25.3 Å². The summed E-state index contributed by atoms with van der Waals surface area (Å²) in [5.41, 5.74) is 5.83. The Morgan fingerprint density at radius 3 is 2.36 bits per heavy atom. The monoisotopic (exact) mass is 487 g/mol. The van der Waals surface area contributed by atoms with Crippen molar-refractivity contribution in [2.45, 2.75) is 17.7 Å². The number of sulfonamides is 1. The van der Waals surface area contributed by atoms with Gasteiger partial charge >= 0.3 is 0 Å². The molecule has 3 N–H and O–H groups in total. The predicted molar refractivity (Wildman–Crippen MR) is 126 cm³/mol. The summed E-state index contributed by atoms with van der Waals surface area (Å²) in [4.78, 5) is 24.2. The highest BCUT2D eigenvalue weighted by Gasteiger charge is 2.22. The zero-order valence-corrected chi connectivity index (χ0v) is 19.2. The highest BCUT2D eigenvalue weighted by Crippen LogP contribution is 2.29. The van der Waals surface area contributed by atoms with E-state index in [-0.39, 0.29) is 33.5 Å². The van der Waals surface area contributed by atoms with E-state index in [4.69, 9.17) is 16.3 Å². The van der Waals surface area contributed by atoms with Gasteiger partial charge in [0, 0.05) is 12.0 Å². The summed E-state index contributed by atoms with van der Waals surface area (Å²) in [7, 11) is -2.72. The molecule has 33 heavy (non-hydrogen) atoms. The lowest BCUT2D eigenvalue weighted by molar-refractivity contribution is -0.121. The SMILES string of the molecule is COc1ccccc1NS(=O)(=O)c1cc(C(=O)NNC(=O)CCc2ccccc2)ccc1Cl. The van der Waals surface area contributed by atoms with Crippen molar-refractivity contribution in [2.75, 3.05) is 11.8 Å². The Morgan fingerprint density at radius 1 is 0.939 bits per heavy atom. The smallest absolute Gasteiger partial charge is 0.269 e. The number of amides is 2. The van der Waals surface area contributed by atoms with Gasteiger partial charge in [0.1, 0.15) is 10.6 Å². The summed E-state index contributed by atoms with van der Waals surface area (Å²) in [6.07, 6.45) is 0.688. The van der Waals surface area contributed by atoms with E-state index >= 15 is 0 Å². The quantitative estimate of drug-likeness (QED) is 0.420. The highest BCUT2D eigenvalue weighted by atomic mass is 35.5. The van der Waals surface area contributed by atoms with Crippen LogP contribution in [0.15, 0.2) is 77.7 Å². The average molecular weight is 488 g/mol. The van der Waals surface area contributed by atoms with Crippen molar-refractivity contribution in [3.05, 3.63) is 88.9 Å². The van der Waals surface area contributed by atoms with Crippen LogP contribution < -0.4 is 20.3 Å². The van der Waals surface area contributed by atoms with E-state index in [0.717, 1.165) is 11.6 Å². The third-order valence-electron chi connectivity index (χ3n) is 4.63. The normalized spacial score (nSPS) is 10.8. The van der Waals surface area contributed by atoms with Gasteiger partial charge in [0.15, 0.2) is 0 Å². The Hall–Kier alpha value is -3.56. The van der Waals surface area contributed by atoms with E-state index < -0.39 is 15.9 Å². The second kappa shape index (κ2) is 10.8. The largest absolute Gasteiger partial charge is 0.495 e. The van der Waals surface area contributed by atoms with Gasteiger partial charge in [-0.15, -0.1) is 0 Å². The minimum absolute atomic E-state index is 0.00293. The molecular formula is C23H22ClN3O5S. The van der Waals surface area contributed by atoms with Crippen molar-refractivity contribution in [3.63, 3.8) is 0 Å². The number of para-hydroxylation sites is 2. The third-order valence-corrected chi connectivity index (χ3v) is 6.48. The first-order valence-electron chi connectivity index (χ1n) is 9.88. The molecule has 0 aliphatic carbocycles. The molecule has 0 aliphatic heterocycles. The molecule has 0 atom stereocenters. The first kappa shape index (κ1) is 24.1. The van der Waals surface area contributed by atoms with Gasteiger partial charge < -0.3 is 4.74 Å². The maximum absolute atomic E-state index is 12.9. The maximum atomic E-state index is 12.9. The molecule has 0 saturated carbocycles. The zero-order valence-electron chi connectivity index (χ0n) is 17.7. The van der Waals surface area contributed by atoms with Crippen LogP contribution in [0.1, 0.15) is 22.3 Å². The number of anilines is 1. The molecule has 0 saturated heterocycles. The van der Waals surface area contributed by atoms with Crippen molar-refractivity contribution in [1.82, 2.24) is 10.9 Å². The van der Waals surface area contributed by atoms with Gasteiger partial charge in [0.05, 0.1) is 17.8 Å². The van der Waals surface area contributed by atoms with Crippen molar-refractivity contribution in [1.29, 1.82) is 0 Å².